The fourth-order valence-corrected chi connectivity index (χ4v) is 2.23. The van der Waals surface area contributed by atoms with Gasteiger partial charge in [0, 0.05) is 26.2 Å². The summed E-state index contributed by atoms with van der Waals surface area (Å²) in [5.74, 6) is -0.352. The number of hydrogen-bond acceptors (Lipinski definition) is 4. The molecule has 0 saturated carbocycles. The lowest BCUT2D eigenvalue weighted by Crippen LogP contribution is -2.30. The zero-order valence-electron chi connectivity index (χ0n) is 11.1. The van der Waals surface area contributed by atoms with E-state index in [0.29, 0.717) is 5.56 Å². The highest BCUT2D eigenvalue weighted by Crippen LogP contribution is 2.13. The largest absolute Gasteiger partial charge is 0.392 e. The maximum Gasteiger partial charge on any atom is 0.251 e. The minimum Gasteiger partial charge on any atom is -0.392 e. The first-order valence-corrected chi connectivity index (χ1v) is 7.18. The number of benzene rings is 1. The van der Waals surface area contributed by atoms with Gasteiger partial charge in [0.2, 0.25) is 10.0 Å². The molecule has 0 saturated heterocycles. The number of aliphatic hydroxyl groups is 1. The van der Waals surface area contributed by atoms with Crippen molar-refractivity contribution in [2.75, 3.05) is 20.6 Å². The highest BCUT2D eigenvalue weighted by Gasteiger charge is 2.17. The first-order chi connectivity index (χ1) is 8.75. The van der Waals surface area contributed by atoms with Gasteiger partial charge in [0.15, 0.2) is 0 Å². The molecule has 0 radical (unpaired) electrons. The Morgan fingerprint density at radius 2 is 1.84 bits per heavy atom. The van der Waals surface area contributed by atoms with Crippen LogP contribution in [0.5, 0.6) is 0 Å². The molecular formula is C12H18N2O4S. The molecule has 0 unspecified atom stereocenters. The molecule has 0 bridgehead atoms. The predicted molar refractivity (Wildman–Crippen MR) is 71.3 cm³/mol. The van der Waals surface area contributed by atoms with Crippen LogP contribution in [-0.2, 0) is 10.0 Å². The van der Waals surface area contributed by atoms with Crippen LogP contribution >= 0.6 is 0 Å². The van der Waals surface area contributed by atoms with Crippen LogP contribution in [0.3, 0.4) is 0 Å². The van der Waals surface area contributed by atoms with Gasteiger partial charge in [0.1, 0.15) is 0 Å². The summed E-state index contributed by atoms with van der Waals surface area (Å²) in [5, 5.41) is 11.6. The first-order valence-electron chi connectivity index (χ1n) is 5.74. The number of amides is 1. The van der Waals surface area contributed by atoms with Gasteiger partial charge in [0.05, 0.1) is 11.0 Å². The van der Waals surface area contributed by atoms with E-state index >= 15 is 0 Å². The molecule has 6 nitrogen and oxygen atoms in total. The number of hydrogen-bond donors (Lipinski definition) is 2. The standard InChI is InChI=1S/C12H18N2O4S/c1-9(15)8-13-12(16)10-4-6-11(7-5-10)19(17,18)14(2)3/h4-7,9,15H,8H2,1-3H3,(H,13,16)/t9-/m1/s1. The van der Waals surface area contributed by atoms with Crippen LogP contribution in [0.25, 0.3) is 0 Å². The van der Waals surface area contributed by atoms with E-state index in [4.69, 9.17) is 5.11 Å². The van der Waals surface area contributed by atoms with Gasteiger partial charge in [0.25, 0.3) is 5.91 Å². The van der Waals surface area contributed by atoms with Gasteiger partial charge in [-0.3, -0.25) is 4.79 Å². The fourth-order valence-electron chi connectivity index (χ4n) is 1.33. The van der Waals surface area contributed by atoms with E-state index in [0.717, 1.165) is 4.31 Å². The maximum absolute atomic E-state index is 11.8. The third-order valence-electron chi connectivity index (χ3n) is 2.45. The molecular weight excluding hydrogens is 268 g/mol. The van der Waals surface area contributed by atoms with Crippen LogP contribution in [0, 0.1) is 0 Å². The number of nitrogens with zero attached hydrogens (tertiary/aromatic N) is 1. The molecule has 0 aliphatic carbocycles. The van der Waals surface area contributed by atoms with Crippen LogP contribution in [0.15, 0.2) is 29.2 Å². The van der Waals surface area contributed by atoms with Crippen molar-refractivity contribution in [1.29, 1.82) is 0 Å². The van der Waals surface area contributed by atoms with Crippen molar-refractivity contribution in [2.45, 2.75) is 17.9 Å². The molecule has 0 aromatic heterocycles. The Balaban J connectivity index is 2.85. The lowest BCUT2D eigenvalue weighted by molar-refractivity contribution is 0.0924. The minimum atomic E-state index is -3.48. The average Bonchev–Trinajstić information content (AvgIpc) is 2.35. The second-order valence-electron chi connectivity index (χ2n) is 4.37. The monoisotopic (exact) mass is 286 g/mol. The summed E-state index contributed by atoms with van der Waals surface area (Å²) in [5.41, 5.74) is 0.346. The summed E-state index contributed by atoms with van der Waals surface area (Å²) in [6, 6.07) is 5.64. The number of rotatable bonds is 5. The van der Waals surface area contributed by atoms with Gasteiger partial charge in [-0.15, -0.1) is 0 Å². The SMILES string of the molecule is C[C@@H](O)CNC(=O)c1ccc(S(=O)(=O)N(C)C)cc1. The highest BCUT2D eigenvalue weighted by molar-refractivity contribution is 7.89. The van der Waals surface area contributed by atoms with Crippen LogP contribution < -0.4 is 5.32 Å². The molecule has 0 heterocycles. The molecule has 19 heavy (non-hydrogen) atoms. The zero-order valence-corrected chi connectivity index (χ0v) is 11.9. The minimum absolute atomic E-state index is 0.129. The Labute approximate surface area is 113 Å². The molecule has 1 atom stereocenters. The van der Waals surface area contributed by atoms with Crippen molar-refractivity contribution in [3.05, 3.63) is 29.8 Å². The van der Waals surface area contributed by atoms with E-state index in [-0.39, 0.29) is 17.3 Å². The summed E-state index contributed by atoms with van der Waals surface area (Å²) in [6.45, 7) is 1.71. The van der Waals surface area contributed by atoms with Crippen molar-refractivity contribution < 1.29 is 18.3 Å². The van der Waals surface area contributed by atoms with E-state index in [1.807, 2.05) is 0 Å². The van der Waals surface area contributed by atoms with Crippen LogP contribution in [0.2, 0.25) is 0 Å². The summed E-state index contributed by atoms with van der Waals surface area (Å²) >= 11 is 0. The Kier molecular flexibility index (Phi) is 5.04. The molecule has 0 aliphatic heterocycles. The van der Waals surface area contributed by atoms with Crippen molar-refractivity contribution in [2.24, 2.45) is 0 Å². The maximum atomic E-state index is 11.8. The molecule has 2 N–H and O–H groups in total. The van der Waals surface area contributed by atoms with Crippen molar-refractivity contribution in [1.82, 2.24) is 9.62 Å². The summed E-state index contributed by atoms with van der Waals surface area (Å²) in [4.78, 5) is 11.8. The Hall–Kier alpha value is -1.44. The van der Waals surface area contributed by atoms with Crippen molar-refractivity contribution in [3.63, 3.8) is 0 Å². The van der Waals surface area contributed by atoms with Gasteiger partial charge >= 0.3 is 0 Å². The topological polar surface area (TPSA) is 86.7 Å². The second kappa shape index (κ2) is 6.14. The Bertz CT molecular complexity index is 535. The number of nitrogens with one attached hydrogen (secondary N) is 1. The third kappa shape index (κ3) is 4.02. The number of carbonyl (C=O) groups is 1. The van der Waals surface area contributed by atoms with E-state index in [2.05, 4.69) is 5.32 Å². The van der Waals surface area contributed by atoms with Crippen molar-refractivity contribution in [3.8, 4) is 0 Å². The summed E-state index contributed by atoms with van der Waals surface area (Å²) < 4.78 is 24.7. The van der Waals surface area contributed by atoms with E-state index in [1.54, 1.807) is 6.92 Å². The van der Waals surface area contributed by atoms with Gasteiger partial charge in [-0.05, 0) is 31.2 Å². The molecule has 1 aromatic carbocycles. The molecule has 0 fully saturated rings. The lowest BCUT2D eigenvalue weighted by atomic mass is 10.2. The first kappa shape index (κ1) is 15.6. The number of carbonyl (C=O) groups excluding carboxylic acids is 1. The average molecular weight is 286 g/mol. The van der Waals surface area contributed by atoms with Gasteiger partial charge in [-0.1, -0.05) is 0 Å². The van der Waals surface area contributed by atoms with Gasteiger partial charge in [-0.25, -0.2) is 12.7 Å². The Morgan fingerprint density at radius 1 is 1.32 bits per heavy atom. The van der Waals surface area contributed by atoms with E-state index < -0.39 is 16.1 Å². The van der Waals surface area contributed by atoms with Gasteiger partial charge < -0.3 is 10.4 Å². The predicted octanol–water partition coefficient (Wildman–Crippen LogP) is 0.0475. The zero-order chi connectivity index (χ0) is 14.6. The summed E-state index contributed by atoms with van der Waals surface area (Å²) in [7, 11) is -0.597. The molecule has 1 rings (SSSR count). The molecule has 106 valence electrons. The smallest absolute Gasteiger partial charge is 0.251 e. The lowest BCUT2D eigenvalue weighted by Gasteiger charge is -2.12. The van der Waals surface area contributed by atoms with Crippen LogP contribution in [0.1, 0.15) is 17.3 Å². The van der Waals surface area contributed by atoms with Crippen LogP contribution in [-0.4, -0.2) is 50.5 Å². The molecule has 0 spiro atoms. The summed E-state index contributed by atoms with van der Waals surface area (Å²) in [6.07, 6.45) is -0.627. The van der Waals surface area contributed by atoms with E-state index in [1.165, 1.54) is 38.4 Å². The second-order valence-corrected chi connectivity index (χ2v) is 6.52. The highest BCUT2D eigenvalue weighted by atomic mass is 32.2. The fraction of sp³-hybridized carbons (Fsp3) is 0.417. The van der Waals surface area contributed by atoms with Crippen LogP contribution in [0.4, 0.5) is 0 Å². The molecule has 7 heteroatoms. The van der Waals surface area contributed by atoms with Gasteiger partial charge in [-0.2, -0.15) is 0 Å². The Morgan fingerprint density at radius 3 is 2.26 bits per heavy atom. The molecule has 0 aliphatic rings. The normalized spacial score (nSPS) is 13.3. The van der Waals surface area contributed by atoms with Crippen molar-refractivity contribution >= 4 is 15.9 Å². The molecule has 1 amide bonds. The quantitative estimate of drug-likeness (QED) is 0.800. The number of sulfonamides is 1. The van der Waals surface area contributed by atoms with E-state index in [9.17, 15) is 13.2 Å². The third-order valence-corrected chi connectivity index (χ3v) is 4.28. The number of aliphatic hydroxyl groups excluding tert-OH is 1. The molecule has 1 aromatic rings.